The summed E-state index contributed by atoms with van der Waals surface area (Å²) in [5.74, 6) is -0.164. The van der Waals surface area contributed by atoms with E-state index in [2.05, 4.69) is 15.6 Å². The van der Waals surface area contributed by atoms with E-state index in [1.54, 1.807) is 13.0 Å². The first-order chi connectivity index (χ1) is 15.0. The van der Waals surface area contributed by atoms with Crippen LogP contribution in [-0.2, 0) is 20.7 Å². The summed E-state index contributed by atoms with van der Waals surface area (Å²) in [6.45, 7) is 2.65. The van der Waals surface area contributed by atoms with E-state index in [1.807, 2.05) is 48.5 Å². The van der Waals surface area contributed by atoms with Gasteiger partial charge in [0.25, 0.3) is 0 Å². The Morgan fingerprint density at radius 2 is 1.94 bits per heavy atom. The quantitative estimate of drug-likeness (QED) is 0.560. The summed E-state index contributed by atoms with van der Waals surface area (Å²) < 4.78 is 5.06. The zero-order chi connectivity index (χ0) is 22.1. The van der Waals surface area contributed by atoms with Crippen molar-refractivity contribution in [2.24, 2.45) is 4.99 Å². The van der Waals surface area contributed by atoms with Gasteiger partial charge >= 0.3 is 5.97 Å². The number of nitrogens with one attached hydrogen (secondary N) is 2. The number of fused-ring (bicyclic) bond motifs is 1. The summed E-state index contributed by atoms with van der Waals surface area (Å²) in [6, 6.07) is 15.1. The van der Waals surface area contributed by atoms with Crippen molar-refractivity contribution < 1.29 is 14.3 Å². The smallest absolute Gasteiger partial charge is 0.311 e. The fourth-order valence-corrected chi connectivity index (χ4v) is 3.81. The molecule has 0 saturated carbocycles. The molecule has 8 heteroatoms. The van der Waals surface area contributed by atoms with Gasteiger partial charge in [-0.2, -0.15) is 0 Å². The second-order valence-electron chi connectivity index (χ2n) is 6.76. The molecule has 0 atom stereocenters. The van der Waals surface area contributed by atoms with Crippen molar-refractivity contribution in [1.29, 1.82) is 0 Å². The number of hydrogen-bond donors (Lipinski definition) is 2. The molecule has 0 bridgehead atoms. The van der Waals surface area contributed by atoms with Crippen LogP contribution in [-0.4, -0.2) is 35.8 Å². The van der Waals surface area contributed by atoms with Gasteiger partial charge in [0, 0.05) is 17.3 Å². The Morgan fingerprint density at radius 3 is 2.71 bits per heavy atom. The van der Waals surface area contributed by atoms with E-state index >= 15 is 0 Å². The third-order valence-electron chi connectivity index (χ3n) is 4.37. The molecule has 1 aliphatic heterocycles. The second-order valence-corrected chi connectivity index (χ2v) is 8.19. The highest BCUT2D eigenvalue weighted by Crippen LogP contribution is 2.31. The standard InChI is InChI=1S/C23H24ClN3O3S/c1-2-30-23(29)14-18-13-22(27-20-6-4-3-5-19(20)26-18)31-15-21(28)25-12-11-16-7-9-17(24)10-8-16/h3-10,13,26H,2,11-12,14-15H2,1H3,(H,25,28). The Balaban J connectivity index is 1.58. The van der Waals surface area contributed by atoms with Crippen molar-refractivity contribution in [3.8, 4) is 0 Å². The van der Waals surface area contributed by atoms with Crippen molar-refractivity contribution in [2.45, 2.75) is 19.8 Å². The Hall–Kier alpha value is -2.77. The number of para-hydroxylation sites is 2. The number of hydrogen-bond acceptors (Lipinski definition) is 6. The highest BCUT2D eigenvalue weighted by molar-refractivity contribution is 8.14. The van der Waals surface area contributed by atoms with Crippen molar-refractivity contribution in [1.82, 2.24) is 5.32 Å². The lowest BCUT2D eigenvalue weighted by Crippen LogP contribution is -2.27. The van der Waals surface area contributed by atoms with E-state index in [0.717, 1.165) is 23.4 Å². The van der Waals surface area contributed by atoms with Gasteiger partial charge in [-0.15, -0.1) is 0 Å². The lowest BCUT2D eigenvalue weighted by Gasteiger charge is -2.10. The van der Waals surface area contributed by atoms with Crippen LogP contribution < -0.4 is 10.6 Å². The summed E-state index contributed by atoms with van der Waals surface area (Å²) in [4.78, 5) is 28.9. The molecule has 1 aliphatic rings. The normalized spacial score (nSPS) is 12.6. The van der Waals surface area contributed by atoms with Gasteiger partial charge in [0.05, 0.1) is 35.2 Å². The second kappa shape index (κ2) is 11.6. The summed E-state index contributed by atoms with van der Waals surface area (Å²) in [5, 5.41) is 7.52. The number of benzene rings is 2. The molecule has 0 saturated heterocycles. The van der Waals surface area contributed by atoms with Crippen LogP contribution in [0.15, 0.2) is 65.3 Å². The lowest BCUT2D eigenvalue weighted by molar-refractivity contribution is -0.142. The van der Waals surface area contributed by atoms with Gasteiger partial charge in [-0.25, -0.2) is 4.99 Å². The van der Waals surface area contributed by atoms with E-state index in [0.29, 0.717) is 28.9 Å². The fraction of sp³-hybridized carbons (Fsp3) is 0.261. The molecule has 162 valence electrons. The number of halogens is 1. The molecule has 31 heavy (non-hydrogen) atoms. The number of esters is 1. The average molecular weight is 458 g/mol. The van der Waals surface area contributed by atoms with Crippen molar-refractivity contribution >= 4 is 51.7 Å². The highest BCUT2D eigenvalue weighted by Gasteiger charge is 2.15. The number of rotatable bonds is 8. The lowest BCUT2D eigenvalue weighted by atomic mass is 10.1. The van der Waals surface area contributed by atoms with Gasteiger partial charge in [0.15, 0.2) is 0 Å². The van der Waals surface area contributed by atoms with Crippen LogP contribution in [0.1, 0.15) is 18.9 Å². The van der Waals surface area contributed by atoms with E-state index in [9.17, 15) is 9.59 Å². The van der Waals surface area contributed by atoms with Crippen molar-refractivity contribution in [3.63, 3.8) is 0 Å². The SMILES string of the molecule is CCOC(=O)CC1=CC(SCC(=O)NCCc2ccc(Cl)cc2)=Nc2ccccc2N1. The van der Waals surface area contributed by atoms with E-state index in [4.69, 9.17) is 16.3 Å². The minimum Gasteiger partial charge on any atom is -0.466 e. The van der Waals surface area contributed by atoms with Gasteiger partial charge < -0.3 is 15.4 Å². The molecule has 2 aromatic rings. The molecule has 1 amide bonds. The average Bonchev–Trinajstić information content (AvgIpc) is 2.92. The number of thioether (sulfide) groups is 1. The molecule has 1 heterocycles. The number of aliphatic imine (C=N–C) groups is 1. The molecule has 0 aromatic heterocycles. The topological polar surface area (TPSA) is 79.8 Å². The van der Waals surface area contributed by atoms with Gasteiger partial charge in [0.1, 0.15) is 0 Å². The van der Waals surface area contributed by atoms with E-state index in [-0.39, 0.29) is 24.1 Å². The summed E-state index contributed by atoms with van der Waals surface area (Å²) in [5.41, 5.74) is 3.35. The van der Waals surface area contributed by atoms with Gasteiger partial charge in [-0.3, -0.25) is 9.59 Å². The number of carbonyl (C=O) groups is 2. The maximum absolute atomic E-state index is 12.3. The Morgan fingerprint density at radius 1 is 1.16 bits per heavy atom. The molecule has 0 radical (unpaired) electrons. The first kappa shape index (κ1) is 22.9. The van der Waals surface area contributed by atoms with Crippen LogP contribution >= 0.6 is 23.4 Å². The fourth-order valence-electron chi connectivity index (χ4n) is 2.91. The monoisotopic (exact) mass is 457 g/mol. The van der Waals surface area contributed by atoms with Crippen LogP contribution in [0.25, 0.3) is 0 Å². The van der Waals surface area contributed by atoms with Crippen LogP contribution in [0.3, 0.4) is 0 Å². The van der Waals surface area contributed by atoms with Gasteiger partial charge in [-0.05, 0) is 49.2 Å². The maximum atomic E-state index is 12.3. The number of anilines is 1. The van der Waals surface area contributed by atoms with Crippen LogP contribution in [0.5, 0.6) is 0 Å². The number of nitrogens with zero attached hydrogens (tertiary/aromatic N) is 1. The summed E-state index contributed by atoms with van der Waals surface area (Å²) in [7, 11) is 0. The predicted molar refractivity (Wildman–Crippen MR) is 127 cm³/mol. The Kier molecular flexibility index (Phi) is 8.55. The molecule has 0 unspecified atom stereocenters. The van der Waals surface area contributed by atoms with Gasteiger partial charge in [0.2, 0.25) is 5.91 Å². The zero-order valence-corrected chi connectivity index (χ0v) is 18.8. The van der Waals surface area contributed by atoms with Crippen LogP contribution in [0.4, 0.5) is 11.4 Å². The maximum Gasteiger partial charge on any atom is 0.311 e. The Bertz CT molecular complexity index is 990. The van der Waals surface area contributed by atoms with Gasteiger partial charge in [-0.1, -0.05) is 47.6 Å². The number of ether oxygens (including phenoxy) is 1. The van der Waals surface area contributed by atoms with Crippen molar-refractivity contribution in [3.05, 3.63) is 70.9 Å². The minimum atomic E-state index is -0.315. The third-order valence-corrected chi connectivity index (χ3v) is 5.53. The molecule has 2 N–H and O–H groups in total. The largest absolute Gasteiger partial charge is 0.466 e. The van der Waals surface area contributed by atoms with Crippen LogP contribution in [0, 0.1) is 0 Å². The van der Waals surface area contributed by atoms with Crippen LogP contribution in [0.2, 0.25) is 5.02 Å². The molecule has 0 aliphatic carbocycles. The molecular weight excluding hydrogens is 434 g/mol. The number of amides is 1. The predicted octanol–water partition coefficient (Wildman–Crippen LogP) is 4.72. The highest BCUT2D eigenvalue weighted by atomic mass is 35.5. The van der Waals surface area contributed by atoms with E-state index < -0.39 is 0 Å². The molecule has 2 aromatic carbocycles. The molecule has 3 rings (SSSR count). The first-order valence-electron chi connectivity index (χ1n) is 9.98. The molecular formula is C23H24ClN3O3S. The minimum absolute atomic E-state index is 0.0764. The third kappa shape index (κ3) is 7.45. The van der Waals surface area contributed by atoms with Crippen molar-refractivity contribution in [2.75, 3.05) is 24.2 Å². The summed E-state index contributed by atoms with van der Waals surface area (Å²) >= 11 is 7.22. The van der Waals surface area contributed by atoms with E-state index in [1.165, 1.54) is 11.8 Å². The first-order valence-corrected chi connectivity index (χ1v) is 11.3. The molecule has 6 nitrogen and oxygen atoms in total. The zero-order valence-electron chi connectivity index (χ0n) is 17.2. The molecule has 0 fully saturated rings. The summed E-state index contributed by atoms with van der Waals surface area (Å²) in [6.07, 6.45) is 2.63. The molecule has 0 spiro atoms. The Labute approximate surface area is 191 Å². The number of carbonyl (C=O) groups excluding carboxylic acids is 2.